The first kappa shape index (κ1) is 15.4. The summed E-state index contributed by atoms with van der Waals surface area (Å²) < 4.78 is 0. The van der Waals surface area contributed by atoms with Crippen molar-refractivity contribution >= 4 is 28.8 Å². The fraction of sp³-hybridized carbons (Fsp3) is 0.438. The van der Waals surface area contributed by atoms with Crippen LogP contribution in [0.5, 0.6) is 0 Å². The molecule has 22 heavy (non-hydrogen) atoms. The van der Waals surface area contributed by atoms with E-state index in [0.717, 1.165) is 16.3 Å². The highest BCUT2D eigenvalue weighted by Crippen LogP contribution is 2.35. The largest absolute Gasteiger partial charge is 0.334 e. The second-order valence-corrected chi connectivity index (χ2v) is 6.84. The number of nitrogens with zero attached hydrogens (tertiary/aromatic N) is 3. The molecule has 2 heterocycles. The average Bonchev–Trinajstić information content (AvgIpc) is 3.26. The average molecular weight is 336 g/mol. The molecule has 1 aliphatic rings. The predicted molar refractivity (Wildman–Crippen MR) is 88.8 cm³/mol. The third-order valence-electron chi connectivity index (χ3n) is 4.03. The lowest BCUT2D eigenvalue weighted by atomic mass is 10.1. The molecular weight excluding hydrogens is 318 g/mol. The minimum atomic E-state index is -0.0246. The van der Waals surface area contributed by atoms with Gasteiger partial charge in [0.15, 0.2) is 5.82 Å². The van der Waals surface area contributed by atoms with Crippen LogP contribution in [0.3, 0.4) is 0 Å². The van der Waals surface area contributed by atoms with Gasteiger partial charge >= 0.3 is 0 Å². The van der Waals surface area contributed by atoms with Crippen LogP contribution in [0.4, 0.5) is 0 Å². The maximum Gasteiger partial charge on any atom is 0.238 e. The van der Waals surface area contributed by atoms with Gasteiger partial charge in [-0.15, -0.1) is 22.9 Å². The van der Waals surface area contributed by atoms with E-state index in [-0.39, 0.29) is 17.8 Å². The van der Waals surface area contributed by atoms with E-state index in [2.05, 4.69) is 16.9 Å². The zero-order valence-corrected chi connectivity index (χ0v) is 14.0. The molecular formula is C16H18ClN3OS. The Morgan fingerprint density at radius 3 is 2.73 bits per heavy atom. The van der Waals surface area contributed by atoms with E-state index in [4.69, 9.17) is 11.6 Å². The molecule has 0 radical (unpaired) electrons. The molecule has 1 saturated carbocycles. The second kappa shape index (κ2) is 6.75. The third-order valence-corrected chi connectivity index (χ3v) is 5.12. The Bertz CT molecular complexity index is 625. The predicted octanol–water partition coefficient (Wildman–Crippen LogP) is 3.57. The van der Waals surface area contributed by atoms with Crippen LogP contribution in [0.2, 0.25) is 0 Å². The standard InChI is InChI=1S/C16H18ClN3OS/c1-11(13-4-5-13)20(15(21)7-17)10-12-8-18-16(19-9-12)14-3-2-6-22-14/h2-3,6,8-9,11,13H,4-5,7,10H2,1H3/t11-/m1/s1. The summed E-state index contributed by atoms with van der Waals surface area (Å²) >= 11 is 7.37. The van der Waals surface area contributed by atoms with E-state index < -0.39 is 0 Å². The molecule has 0 bridgehead atoms. The zero-order valence-electron chi connectivity index (χ0n) is 12.4. The van der Waals surface area contributed by atoms with E-state index in [1.165, 1.54) is 12.8 Å². The highest BCUT2D eigenvalue weighted by Gasteiger charge is 2.34. The molecule has 4 nitrogen and oxygen atoms in total. The van der Waals surface area contributed by atoms with Crippen molar-refractivity contribution in [2.75, 3.05) is 5.88 Å². The number of thiophene rings is 1. The Balaban J connectivity index is 1.73. The van der Waals surface area contributed by atoms with Crippen LogP contribution in [0, 0.1) is 5.92 Å². The lowest BCUT2D eigenvalue weighted by Crippen LogP contribution is -2.40. The quantitative estimate of drug-likeness (QED) is 0.758. The van der Waals surface area contributed by atoms with Crippen molar-refractivity contribution < 1.29 is 4.79 Å². The number of amides is 1. The van der Waals surface area contributed by atoms with Gasteiger partial charge in [-0.05, 0) is 37.1 Å². The van der Waals surface area contributed by atoms with Crippen LogP contribution in [0.25, 0.3) is 10.7 Å². The Hall–Kier alpha value is -1.46. The van der Waals surface area contributed by atoms with Crippen LogP contribution in [0.1, 0.15) is 25.3 Å². The van der Waals surface area contributed by atoms with Gasteiger partial charge in [0, 0.05) is 30.5 Å². The molecule has 1 fully saturated rings. The van der Waals surface area contributed by atoms with Crippen molar-refractivity contribution in [2.24, 2.45) is 5.92 Å². The Labute approximate surface area is 139 Å². The van der Waals surface area contributed by atoms with Crippen molar-refractivity contribution in [1.82, 2.24) is 14.9 Å². The summed E-state index contributed by atoms with van der Waals surface area (Å²) in [5, 5.41) is 2.00. The molecule has 2 aromatic heterocycles. The van der Waals surface area contributed by atoms with Crippen molar-refractivity contribution in [3.8, 4) is 10.7 Å². The van der Waals surface area contributed by atoms with E-state index >= 15 is 0 Å². The third kappa shape index (κ3) is 3.47. The molecule has 0 aromatic carbocycles. The molecule has 0 N–H and O–H groups in total. The first-order chi connectivity index (χ1) is 10.7. The number of hydrogen-bond donors (Lipinski definition) is 0. The Morgan fingerprint density at radius 1 is 1.45 bits per heavy atom. The van der Waals surface area contributed by atoms with Crippen molar-refractivity contribution in [2.45, 2.75) is 32.4 Å². The Morgan fingerprint density at radius 2 is 2.18 bits per heavy atom. The maximum absolute atomic E-state index is 12.1. The van der Waals surface area contributed by atoms with Gasteiger partial charge in [0.2, 0.25) is 5.91 Å². The van der Waals surface area contributed by atoms with Crippen molar-refractivity contribution in [1.29, 1.82) is 0 Å². The highest BCUT2D eigenvalue weighted by molar-refractivity contribution is 7.13. The summed E-state index contributed by atoms with van der Waals surface area (Å²) in [4.78, 5) is 23.8. The number of rotatable bonds is 6. The number of hydrogen-bond acceptors (Lipinski definition) is 4. The lowest BCUT2D eigenvalue weighted by molar-refractivity contribution is -0.131. The fourth-order valence-corrected chi connectivity index (χ4v) is 3.36. The first-order valence-corrected chi connectivity index (χ1v) is 8.80. The number of alkyl halides is 1. The SMILES string of the molecule is C[C@H](C1CC1)N(Cc1cnc(-c2cccs2)nc1)C(=O)CCl. The number of carbonyl (C=O) groups excluding carboxylic acids is 1. The first-order valence-electron chi connectivity index (χ1n) is 7.39. The van der Waals surface area contributed by atoms with Crippen LogP contribution in [-0.2, 0) is 11.3 Å². The normalized spacial score (nSPS) is 15.5. The van der Waals surface area contributed by atoms with Gasteiger partial charge in [-0.2, -0.15) is 0 Å². The van der Waals surface area contributed by atoms with Crippen molar-refractivity contribution in [3.05, 3.63) is 35.5 Å². The monoisotopic (exact) mass is 335 g/mol. The summed E-state index contributed by atoms with van der Waals surface area (Å²) in [6, 6.07) is 4.20. The van der Waals surface area contributed by atoms with E-state index in [1.54, 1.807) is 23.7 Å². The molecule has 116 valence electrons. The molecule has 0 aliphatic heterocycles. The highest BCUT2D eigenvalue weighted by atomic mass is 35.5. The van der Waals surface area contributed by atoms with E-state index in [0.29, 0.717) is 12.5 Å². The summed E-state index contributed by atoms with van der Waals surface area (Å²) in [6.45, 7) is 2.62. The molecule has 6 heteroatoms. The molecule has 2 aromatic rings. The van der Waals surface area contributed by atoms with Gasteiger partial charge in [-0.3, -0.25) is 4.79 Å². The van der Waals surface area contributed by atoms with Crippen LogP contribution >= 0.6 is 22.9 Å². The van der Waals surface area contributed by atoms with Gasteiger partial charge in [-0.25, -0.2) is 9.97 Å². The molecule has 0 saturated heterocycles. The summed E-state index contributed by atoms with van der Waals surface area (Å²) in [5.74, 6) is 1.33. The van der Waals surface area contributed by atoms with Gasteiger partial charge in [0.05, 0.1) is 4.88 Å². The molecule has 1 amide bonds. The number of aromatic nitrogens is 2. The molecule has 1 atom stereocenters. The van der Waals surface area contributed by atoms with Gasteiger partial charge < -0.3 is 4.90 Å². The zero-order chi connectivity index (χ0) is 15.5. The summed E-state index contributed by atoms with van der Waals surface area (Å²) in [5.41, 5.74) is 0.936. The summed E-state index contributed by atoms with van der Waals surface area (Å²) in [6.07, 6.45) is 5.99. The fourth-order valence-electron chi connectivity index (χ4n) is 2.54. The maximum atomic E-state index is 12.1. The minimum Gasteiger partial charge on any atom is -0.334 e. The molecule has 0 unspecified atom stereocenters. The van der Waals surface area contributed by atoms with Crippen molar-refractivity contribution in [3.63, 3.8) is 0 Å². The second-order valence-electron chi connectivity index (χ2n) is 5.63. The van der Waals surface area contributed by atoms with Gasteiger partial charge in [-0.1, -0.05) is 6.07 Å². The smallest absolute Gasteiger partial charge is 0.238 e. The van der Waals surface area contributed by atoms with Crippen LogP contribution in [0.15, 0.2) is 29.9 Å². The van der Waals surface area contributed by atoms with Gasteiger partial charge in [0.25, 0.3) is 0 Å². The molecule has 1 aliphatic carbocycles. The molecule has 3 rings (SSSR count). The van der Waals surface area contributed by atoms with Crippen LogP contribution in [-0.4, -0.2) is 32.7 Å². The van der Waals surface area contributed by atoms with Gasteiger partial charge in [0.1, 0.15) is 5.88 Å². The van der Waals surface area contributed by atoms with E-state index in [1.807, 2.05) is 22.4 Å². The minimum absolute atomic E-state index is 0.0190. The topological polar surface area (TPSA) is 46.1 Å². The number of carbonyl (C=O) groups is 1. The van der Waals surface area contributed by atoms with E-state index in [9.17, 15) is 4.79 Å². The van der Waals surface area contributed by atoms with Crippen LogP contribution < -0.4 is 0 Å². The summed E-state index contributed by atoms with van der Waals surface area (Å²) in [7, 11) is 0. The Kier molecular flexibility index (Phi) is 4.74. The molecule has 0 spiro atoms. The lowest BCUT2D eigenvalue weighted by Gasteiger charge is -2.28. The number of halogens is 1.